The highest BCUT2D eigenvalue weighted by Crippen LogP contribution is 2.30. The topological polar surface area (TPSA) is 50.9 Å². The Morgan fingerprint density at radius 3 is 3.15 bits per heavy atom. The first-order valence-corrected chi connectivity index (χ1v) is 5.64. The molecule has 0 atom stereocenters. The molecule has 0 saturated carbocycles. The highest BCUT2D eigenvalue weighted by atomic mass is 32.1. The molecular formula is C9H15N3S. The Morgan fingerprint density at radius 2 is 2.38 bits per heavy atom. The molecule has 0 aromatic carbocycles. The summed E-state index contributed by atoms with van der Waals surface area (Å²) >= 11 is 1.81. The average molecular weight is 197 g/mol. The predicted octanol–water partition coefficient (Wildman–Crippen LogP) is 1.39. The minimum Gasteiger partial charge on any atom is -0.361 e. The molecule has 1 aliphatic rings. The van der Waals surface area contributed by atoms with Crippen molar-refractivity contribution in [2.75, 3.05) is 18.4 Å². The van der Waals surface area contributed by atoms with Crippen molar-refractivity contribution >= 4 is 16.5 Å². The predicted molar refractivity (Wildman–Crippen MR) is 56.3 cm³/mol. The van der Waals surface area contributed by atoms with E-state index >= 15 is 0 Å². The molecule has 1 aromatic heterocycles. The summed E-state index contributed by atoms with van der Waals surface area (Å²) in [5.74, 6) is 0. The van der Waals surface area contributed by atoms with Gasteiger partial charge in [0.1, 0.15) is 0 Å². The highest BCUT2D eigenvalue weighted by molar-refractivity contribution is 7.15. The molecule has 0 aliphatic heterocycles. The first kappa shape index (κ1) is 8.97. The van der Waals surface area contributed by atoms with Crippen molar-refractivity contribution in [1.29, 1.82) is 0 Å². The van der Waals surface area contributed by atoms with E-state index in [9.17, 15) is 0 Å². The van der Waals surface area contributed by atoms with E-state index in [1.807, 2.05) is 11.3 Å². The normalized spacial score (nSPS) is 14.5. The largest absolute Gasteiger partial charge is 0.361 e. The van der Waals surface area contributed by atoms with Crippen LogP contribution >= 0.6 is 11.3 Å². The van der Waals surface area contributed by atoms with Crippen LogP contribution in [0.5, 0.6) is 0 Å². The van der Waals surface area contributed by atoms with Crippen LogP contribution in [0.2, 0.25) is 0 Å². The van der Waals surface area contributed by atoms with Crippen LogP contribution in [-0.2, 0) is 12.8 Å². The van der Waals surface area contributed by atoms with Crippen molar-refractivity contribution in [3.8, 4) is 0 Å². The molecule has 72 valence electrons. The van der Waals surface area contributed by atoms with Gasteiger partial charge in [-0.2, -0.15) is 0 Å². The molecule has 2 rings (SSSR count). The number of nitrogens with zero attached hydrogens (tertiary/aromatic N) is 1. The van der Waals surface area contributed by atoms with Gasteiger partial charge >= 0.3 is 0 Å². The van der Waals surface area contributed by atoms with Crippen LogP contribution < -0.4 is 11.1 Å². The molecular weight excluding hydrogens is 182 g/mol. The number of nitrogens with two attached hydrogens (primary N) is 1. The fourth-order valence-corrected chi connectivity index (χ4v) is 2.64. The standard InChI is InChI=1S/C9H15N3S/c10-5-2-6-11-9-12-7-3-1-4-8(7)13-9/h1-6,10H2,(H,11,12). The summed E-state index contributed by atoms with van der Waals surface area (Å²) in [4.78, 5) is 6.01. The minimum absolute atomic E-state index is 0.748. The summed E-state index contributed by atoms with van der Waals surface area (Å²) in [6.07, 6.45) is 4.71. The molecule has 1 aromatic rings. The summed E-state index contributed by atoms with van der Waals surface area (Å²) in [6.45, 7) is 1.70. The van der Waals surface area contributed by atoms with E-state index in [4.69, 9.17) is 5.73 Å². The lowest BCUT2D eigenvalue weighted by Crippen LogP contribution is -2.08. The zero-order valence-corrected chi connectivity index (χ0v) is 8.49. The fourth-order valence-electron chi connectivity index (χ4n) is 1.56. The van der Waals surface area contributed by atoms with Crippen LogP contribution in [-0.4, -0.2) is 18.1 Å². The number of aryl methyl sites for hydroxylation is 2. The van der Waals surface area contributed by atoms with Gasteiger partial charge in [-0.05, 0) is 32.2 Å². The second-order valence-corrected chi connectivity index (χ2v) is 4.40. The maximum absolute atomic E-state index is 5.41. The summed E-state index contributed by atoms with van der Waals surface area (Å²) in [7, 11) is 0. The summed E-state index contributed by atoms with van der Waals surface area (Å²) in [6, 6.07) is 0. The van der Waals surface area contributed by atoms with Crippen molar-refractivity contribution in [3.05, 3.63) is 10.6 Å². The van der Waals surface area contributed by atoms with Gasteiger partial charge in [0.05, 0.1) is 5.69 Å². The molecule has 0 unspecified atom stereocenters. The van der Waals surface area contributed by atoms with Gasteiger partial charge in [0.2, 0.25) is 0 Å². The molecule has 0 fully saturated rings. The van der Waals surface area contributed by atoms with Crippen molar-refractivity contribution in [2.24, 2.45) is 5.73 Å². The van der Waals surface area contributed by atoms with Crippen molar-refractivity contribution in [3.63, 3.8) is 0 Å². The van der Waals surface area contributed by atoms with E-state index in [0.717, 1.165) is 24.6 Å². The molecule has 13 heavy (non-hydrogen) atoms. The lowest BCUT2D eigenvalue weighted by Gasteiger charge is -1.99. The molecule has 4 heteroatoms. The van der Waals surface area contributed by atoms with Crippen molar-refractivity contribution in [2.45, 2.75) is 25.7 Å². The molecule has 0 radical (unpaired) electrons. The van der Waals surface area contributed by atoms with E-state index < -0.39 is 0 Å². The maximum atomic E-state index is 5.41. The number of rotatable bonds is 4. The van der Waals surface area contributed by atoms with Crippen LogP contribution in [0.1, 0.15) is 23.4 Å². The summed E-state index contributed by atoms with van der Waals surface area (Å²) in [5.41, 5.74) is 6.73. The lowest BCUT2D eigenvalue weighted by atomic mass is 10.4. The number of hydrogen-bond acceptors (Lipinski definition) is 4. The maximum Gasteiger partial charge on any atom is 0.183 e. The van der Waals surface area contributed by atoms with Crippen molar-refractivity contribution in [1.82, 2.24) is 4.98 Å². The van der Waals surface area contributed by atoms with Gasteiger partial charge in [0.25, 0.3) is 0 Å². The molecule has 0 saturated heterocycles. The molecule has 0 spiro atoms. The Kier molecular flexibility index (Phi) is 2.80. The quantitative estimate of drug-likeness (QED) is 0.717. The number of fused-ring (bicyclic) bond motifs is 1. The summed E-state index contributed by atoms with van der Waals surface area (Å²) < 4.78 is 0. The van der Waals surface area contributed by atoms with E-state index in [0.29, 0.717) is 0 Å². The van der Waals surface area contributed by atoms with E-state index in [2.05, 4.69) is 10.3 Å². The Bertz CT molecular complexity index is 261. The number of hydrogen-bond donors (Lipinski definition) is 2. The van der Waals surface area contributed by atoms with Gasteiger partial charge in [0, 0.05) is 11.4 Å². The first-order chi connectivity index (χ1) is 6.40. The van der Waals surface area contributed by atoms with Crippen LogP contribution in [0.25, 0.3) is 0 Å². The van der Waals surface area contributed by atoms with Crippen molar-refractivity contribution < 1.29 is 0 Å². The Morgan fingerprint density at radius 1 is 1.46 bits per heavy atom. The molecule has 1 aliphatic carbocycles. The highest BCUT2D eigenvalue weighted by Gasteiger charge is 2.15. The molecule has 0 bridgehead atoms. The SMILES string of the molecule is NCCCNc1nc2c(s1)CCC2. The molecule has 3 N–H and O–H groups in total. The number of nitrogens with one attached hydrogen (secondary N) is 1. The molecule has 0 amide bonds. The van der Waals surface area contributed by atoms with Crippen LogP contribution in [0.3, 0.4) is 0 Å². The number of thiazole rings is 1. The molecule has 3 nitrogen and oxygen atoms in total. The Hall–Kier alpha value is -0.610. The number of anilines is 1. The molecule has 1 heterocycles. The average Bonchev–Trinajstić information content (AvgIpc) is 2.64. The first-order valence-electron chi connectivity index (χ1n) is 4.82. The number of aromatic nitrogens is 1. The Balaban J connectivity index is 1.91. The minimum atomic E-state index is 0.748. The smallest absolute Gasteiger partial charge is 0.183 e. The van der Waals surface area contributed by atoms with Gasteiger partial charge in [0.15, 0.2) is 5.13 Å². The zero-order valence-electron chi connectivity index (χ0n) is 7.68. The zero-order chi connectivity index (χ0) is 9.10. The van der Waals surface area contributed by atoms with E-state index in [-0.39, 0.29) is 0 Å². The second-order valence-electron chi connectivity index (χ2n) is 3.31. The third-order valence-corrected chi connectivity index (χ3v) is 3.37. The fraction of sp³-hybridized carbons (Fsp3) is 0.667. The van der Waals surface area contributed by atoms with Crippen LogP contribution in [0.4, 0.5) is 5.13 Å². The van der Waals surface area contributed by atoms with E-state index in [1.165, 1.54) is 29.8 Å². The van der Waals surface area contributed by atoms with Gasteiger partial charge in [-0.1, -0.05) is 0 Å². The van der Waals surface area contributed by atoms with Gasteiger partial charge in [-0.3, -0.25) is 0 Å². The monoisotopic (exact) mass is 197 g/mol. The third-order valence-electron chi connectivity index (χ3n) is 2.25. The lowest BCUT2D eigenvalue weighted by molar-refractivity contribution is 0.868. The summed E-state index contributed by atoms with van der Waals surface area (Å²) in [5, 5.41) is 4.38. The van der Waals surface area contributed by atoms with Gasteiger partial charge in [-0.25, -0.2) is 4.98 Å². The second kappa shape index (κ2) is 4.07. The van der Waals surface area contributed by atoms with Crippen LogP contribution in [0, 0.1) is 0 Å². The van der Waals surface area contributed by atoms with Crippen LogP contribution in [0.15, 0.2) is 0 Å². The van der Waals surface area contributed by atoms with E-state index in [1.54, 1.807) is 0 Å². The third kappa shape index (κ3) is 2.00. The Labute approximate surface area is 82.4 Å². The van der Waals surface area contributed by atoms with Gasteiger partial charge < -0.3 is 11.1 Å². The van der Waals surface area contributed by atoms with Gasteiger partial charge in [-0.15, -0.1) is 11.3 Å².